The molecule has 274 valence electrons. The van der Waals surface area contributed by atoms with E-state index in [9.17, 15) is 0 Å². The molecule has 0 amide bonds. The Balaban J connectivity index is 1.08. The highest BCUT2D eigenvalue weighted by Crippen LogP contribution is 2.44. The lowest BCUT2D eigenvalue weighted by Crippen LogP contribution is -2.03. The van der Waals surface area contributed by atoms with Crippen molar-refractivity contribution < 1.29 is 4.42 Å². The summed E-state index contributed by atoms with van der Waals surface area (Å²) in [6, 6.07) is 68.8. The Hall–Kier alpha value is -8.02. The van der Waals surface area contributed by atoms with Gasteiger partial charge < -0.3 is 8.98 Å². The van der Waals surface area contributed by atoms with Crippen LogP contribution in [0.3, 0.4) is 0 Å². The fraction of sp³-hybridized carbons (Fsp3) is 0. The summed E-state index contributed by atoms with van der Waals surface area (Å²) in [5.74, 6) is 0.623. The third kappa shape index (κ3) is 4.67. The summed E-state index contributed by atoms with van der Waals surface area (Å²) < 4.78 is 11.7. The predicted octanol–water partition coefficient (Wildman–Crippen LogP) is 14.2. The van der Waals surface area contributed by atoms with Gasteiger partial charge in [-0.05, 0) is 76.5 Å². The lowest BCUT2D eigenvalue weighted by Gasteiger charge is -2.11. The third-order valence-corrected chi connectivity index (χ3v) is 12.1. The summed E-state index contributed by atoms with van der Waals surface area (Å²) >= 11 is 0. The van der Waals surface area contributed by atoms with Crippen molar-refractivity contribution in [1.29, 1.82) is 0 Å². The first-order valence-electron chi connectivity index (χ1n) is 20.0. The molecule has 0 unspecified atom stereocenters. The Morgan fingerprint density at radius 1 is 0.373 bits per heavy atom. The second kappa shape index (κ2) is 12.2. The largest absolute Gasteiger partial charge is 0.455 e. The molecular weight excluding hydrogens is 721 g/mol. The minimum atomic E-state index is 0.623. The zero-order valence-electron chi connectivity index (χ0n) is 31.7. The van der Waals surface area contributed by atoms with Crippen molar-refractivity contribution in [3.05, 3.63) is 194 Å². The van der Waals surface area contributed by atoms with E-state index in [2.05, 4.69) is 191 Å². The predicted molar refractivity (Wildman–Crippen MR) is 244 cm³/mol. The van der Waals surface area contributed by atoms with Gasteiger partial charge in [-0.15, -0.1) is 0 Å². The number of rotatable bonds is 4. The Morgan fingerprint density at radius 3 is 1.90 bits per heavy atom. The molecule has 0 aliphatic carbocycles. The molecule has 59 heavy (non-hydrogen) atoms. The van der Waals surface area contributed by atoms with E-state index in [0.29, 0.717) is 5.95 Å². The summed E-state index contributed by atoms with van der Waals surface area (Å²) in [4.78, 5) is 10.6. The number of benzene rings is 9. The van der Waals surface area contributed by atoms with E-state index in [1.54, 1.807) is 0 Å². The second-order valence-corrected chi connectivity index (χ2v) is 15.3. The number of hydrogen-bond acceptors (Lipinski definition) is 3. The van der Waals surface area contributed by atoms with Crippen molar-refractivity contribution in [2.75, 3.05) is 0 Å². The van der Waals surface area contributed by atoms with Crippen LogP contribution in [0.4, 0.5) is 0 Å². The molecule has 0 saturated carbocycles. The summed E-state index contributed by atoms with van der Waals surface area (Å²) in [6.45, 7) is 0. The summed E-state index contributed by atoms with van der Waals surface area (Å²) in [6.07, 6.45) is 0. The molecule has 5 nitrogen and oxygen atoms in total. The van der Waals surface area contributed by atoms with Crippen LogP contribution in [-0.2, 0) is 0 Å². The molecule has 4 heterocycles. The molecular formula is C54H32N4O. The second-order valence-electron chi connectivity index (χ2n) is 15.3. The zero-order chi connectivity index (χ0) is 38.6. The number of furan rings is 1. The molecule has 0 spiro atoms. The Kier molecular flexibility index (Phi) is 6.66. The lowest BCUT2D eigenvalue weighted by molar-refractivity contribution is 0.672. The van der Waals surface area contributed by atoms with Gasteiger partial charge in [0.25, 0.3) is 0 Å². The van der Waals surface area contributed by atoms with Crippen LogP contribution in [0.2, 0.25) is 0 Å². The van der Waals surface area contributed by atoms with Crippen LogP contribution in [0.1, 0.15) is 0 Å². The Labute approximate surface area is 337 Å². The van der Waals surface area contributed by atoms with Crippen LogP contribution in [0.5, 0.6) is 0 Å². The van der Waals surface area contributed by atoms with Gasteiger partial charge in [0.2, 0.25) is 5.95 Å². The fourth-order valence-corrected chi connectivity index (χ4v) is 9.48. The van der Waals surface area contributed by atoms with E-state index >= 15 is 0 Å². The maximum atomic E-state index is 7.11. The normalized spacial score (nSPS) is 12.1. The van der Waals surface area contributed by atoms with Crippen LogP contribution in [0.15, 0.2) is 199 Å². The molecule has 13 rings (SSSR count). The van der Waals surface area contributed by atoms with Gasteiger partial charge in [0.05, 0.1) is 38.7 Å². The van der Waals surface area contributed by atoms with Gasteiger partial charge in [-0.3, -0.25) is 4.57 Å². The fourth-order valence-electron chi connectivity index (χ4n) is 9.48. The SMILES string of the molecule is c1ccc(-c2ccc3c(c2)c2ccccc2n3-c2ccc3c(c2)oc2c3ccc3c2c2c4ccccc4ccc2n3-c2nc(-c3ccccc3)c3ccccc3n2)cc1. The summed E-state index contributed by atoms with van der Waals surface area (Å²) in [5.41, 5.74) is 12.3. The van der Waals surface area contributed by atoms with Gasteiger partial charge in [0, 0.05) is 49.6 Å². The van der Waals surface area contributed by atoms with Gasteiger partial charge in [0.1, 0.15) is 11.2 Å². The van der Waals surface area contributed by atoms with Gasteiger partial charge in [-0.1, -0.05) is 133 Å². The number of hydrogen-bond donors (Lipinski definition) is 0. The molecule has 9 aromatic carbocycles. The van der Waals surface area contributed by atoms with E-state index < -0.39 is 0 Å². The maximum Gasteiger partial charge on any atom is 0.235 e. The first-order chi connectivity index (χ1) is 29.3. The highest BCUT2D eigenvalue weighted by Gasteiger charge is 2.23. The van der Waals surface area contributed by atoms with E-state index in [1.807, 2.05) is 12.1 Å². The molecule has 0 radical (unpaired) electrons. The van der Waals surface area contributed by atoms with E-state index in [0.717, 1.165) is 88.0 Å². The van der Waals surface area contributed by atoms with Crippen molar-refractivity contribution in [3.8, 4) is 34.0 Å². The minimum absolute atomic E-state index is 0.623. The van der Waals surface area contributed by atoms with Gasteiger partial charge in [0.15, 0.2) is 0 Å². The first-order valence-corrected chi connectivity index (χ1v) is 20.0. The zero-order valence-corrected chi connectivity index (χ0v) is 31.7. The molecule has 4 aromatic heterocycles. The molecule has 0 bridgehead atoms. The lowest BCUT2D eigenvalue weighted by atomic mass is 10.0. The number of para-hydroxylation sites is 2. The smallest absolute Gasteiger partial charge is 0.235 e. The van der Waals surface area contributed by atoms with E-state index in [4.69, 9.17) is 14.4 Å². The van der Waals surface area contributed by atoms with Crippen LogP contribution < -0.4 is 0 Å². The third-order valence-electron chi connectivity index (χ3n) is 12.1. The minimum Gasteiger partial charge on any atom is -0.455 e. The highest BCUT2D eigenvalue weighted by molar-refractivity contribution is 6.29. The first kappa shape index (κ1) is 32.1. The Bertz CT molecular complexity index is 3840. The maximum absolute atomic E-state index is 7.11. The van der Waals surface area contributed by atoms with Crippen molar-refractivity contribution in [2.45, 2.75) is 0 Å². The molecule has 0 atom stereocenters. The van der Waals surface area contributed by atoms with E-state index in [-0.39, 0.29) is 0 Å². The molecule has 5 heteroatoms. The van der Waals surface area contributed by atoms with Crippen molar-refractivity contribution >= 4 is 87.2 Å². The summed E-state index contributed by atoms with van der Waals surface area (Å²) in [5, 5.41) is 10.1. The van der Waals surface area contributed by atoms with Crippen LogP contribution >= 0.6 is 0 Å². The van der Waals surface area contributed by atoms with Crippen LogP contribution in [0.25, 0.3) is 121 Å². The molecule has 13 aromatic rings. The highest BCUT2D eigenvalue weighted by atomic mass is 16.3. The van der Waals surface area contributed by atoms with Gasteiger partial charge >= 0.3 is 0 Å². The van der Waals surface area contributed by atoms with Gasteiger partial charge in [-0.2, -0.15) is 0 Å². The van der Waals surface area contributed by atoms with Crippen molar-refractivity contribution in [2.24, 2.45) is 0 Å². The van der Waals surface area contributed by atoms with Crippen molar-refractivity contribution in [3.63, 3.8) is 0 Å². The van der Waals surface area contributed by atoms with Crippen LogP contribution in [-0.4, -0.2) is 19.1 Å². The molecule has 0 fully saturated rings. The van der Waals surface area contributed by atoms with Gasteiger partial charge in [-0.25, -0.2) is 9.97 Å². The molecule has 0 N–H and O–H groups in total. The quantitative estimate of drug-likeness (QED) is 0.180. The average molecular weight is 753 g/mol. The topological polar surface area (TPSA) is 48.8 Å². The van der Waals surface area contributed by atoms with E-state index in [1.165, 1.54) is 27.3 Å². The molecule has 0 aliphatic heterocycles. The standard InChI is InChI=1S/C54H32N4O/c1-3-13-33(14-4-1)36-24-28-46-43(31-36)39-19-10-12-22-45(39)57(46)37-25-26-40-41-27-30-48-51(53(41)59-49(40)32-37)50-38-18-8-7-15-34(38)23-29-47(50)58(48)54-55-44-21-11-9-20-42(44)52(56-54)35-16-5-2-6-17-35/h1-32H. The van der Waals surface area contributed by atoms with Crippen molar-refractivity contribution in [1.82, 2.24) is 19.1 Å². The summed E-state index contributed by atoms with van der Waals surface area (Å²) in [7, 11) is 0. The number of nitrogens with zero attached hydrogens (tertiary/aromatic N) is 4. The number of fused-ring (bicyclic) bond motifs is 13. The average Bonchev–Trinajstić information content (AvgIpc) is 3.96. The molecule has 0 aliphatic rings. The van der Waals surface area contributed by atoms with Crippen LogP contribution in [0, 0.1) is 0 Å². The monoisotopic (exact) mass is 752 g/mol. The Morgan fingerprint density at radius 2 is 1.03 bits per heavy atom. The number of aromatic nitrogens is 4. The molecule has 0 saturated heterocycles.